The quantitative estimate of drug-likeness (QED) is 0.793. The van der Waals surface area contributed by atoms with Crippen LogP contribution in [0.3, 0.4) is 0 Å². The molecule has 0 aromatic heterocycles. The summed E-state index contributed by atoms with van der Waals surface area (Å²) in [5.74, 6) is -0.329. The fourth-order valence-electron chi connectivity index (χ4n) is 1.15. The third-order valence-electron chi connectivity index (χ3n) is 1.86. The molecule has 0 saturated carbocycles. The van der Waals surface area contributed by atoms with E-state index in [1.807, 2.05) is 6.07 Å². The normalized spacial score (nSPS) is 13.5. The van der Waals surface area contributed by atoms with Gasteiger partial charge in [-0.2, -0.15) is 0 Å². The zero-order valence-electron chi connectivity index (χ0n) is 8.55. The van der Waals surface area contributed by atoms with Gasteiger partial charge in [0.1, 0.15) is 0 Å². The molecule has 0 spiro atoms. The van der Waals surface area contributed by atoms with Gasteiger partial charge in [-0.15, -0.1) is 0 Å². The molecule has 1 aromatic rings. The van der Waals surface area contributed by atoms with Crippen molar-refractivity contribution in [2.45, 2.75) is 6.92 Å². The number of nitrogens with one attached hydrogen (secondary N) is 1. The van der Waals surface area contributed by atoms with Crippen LogP contribution in [0.1, 0.15) is 6.92 Å². The monoisotopic (exact) mass is 229 g/mol. The van der Waals surface area contributed by atoms with Crippen LogP contribution < -0.4 is 4.72 Å². The molecule has 1 rings (SSSR count). The van der Waals surface area contributed by atoms with Crippen LogP contribution in [0.15, 0.2) is 30.3 Å². The molecular formula is C10H15NO3S. The van der Waals surface area contributed by atoms with Crippen molar-refractivity contribution in [1.29, 1.82) is 0 Å². The number of benzene rings is 1. The minimum absolute atomic E-state index is 0.0710. The van der Waals surface area contributed by atoms with Gasteiger partial charge in [-0.3, -0.25) is 4.72 Å². The maximum absolute atomic E-state index is 11.5. The van der Waals surface area contributed by atoms with Crippen molar-refractivity contribution >= 4 is 15.7 Å². The predicted molar refractivity (Wildman–Crippen MR) is 60.1 cm³/mol. The Kier molecular flexibility index (Phi) is 4.11. The van der Waals surface area contributed by atoms with Gasteiger partial charge in [0.2, 0.25) is 10.0 Å². The van der Waals surface area contributed by atoms with Crippen molar-refractivity contribution in [3.8, 4) is 0 Å². The summed E-state index contributed by atoms with van der Waals surface area (Å²) in [7, 11) is -3.36. The van der Waals surface area contributed by atoms with Crippen molar-refractivity contribution in [1.82, 2.24) is 0 Å². The van der Waals surface area contributed by atoms with Crippen LogP contribution in [0, 0.1) is 5.92 Å². The lowest BCUT2D eigenvalue weighted by atomic mass is 10.2. The standard InChI is InChI=1S/C10H15NO3S/c1-9(7-12)8-15(13,14)11-10-5-3-2-4-6-10/h2-6,9,11-12H,7-8H2,1H3. The van der Waals surface area contributed by atoms with Crippen LogP contribution in [-0.4, -0.2) is 25.9 Å². The van der Waals surface area contributed by atoms with Gasteiger partial charge in [-0.25, -0.2) is 8.42 Å². The summed E-state index contributed by atoms with van der Waals surface area (Å²) < 4.78 is 25.5. The van der Waals surface area contributed by atoms with Crippen LogP contribution in [0.4, 0.5) is 5.69 Å². The lowest BCUT2D eigenvalue weighted by Crippen LogP contribution is -2.22. The lowest BCUT2D eigenvalue weighted by molar-refractivity contribution is 0.249. The van der Waals surface area contributed by atoms with Crippen LogP contribution in [0.2, 0.25) is 0 Å². The predicted octanol–water partition coefficient (Wildman–Crippen LogP) is 1.06. The van der Waals surface area contributed by atoms with Crippen LogP contribution in [0.25, 0.3) is 0 Å². The summed E-state index contributed by atoms with van der Waals surface area (Å²) in [6.45, 7) is 1.56. The summed E-state index contributed by atoms with van der Waals surface area (Å²) in [6.07, 6.45) is 0. The van der Waals surface area contributed by atoms with Gasteiger partial charge in [0.15, 0.2) is 0 Å². The summed E-state index contributed by atoms with van der Waals surface area (Å²) in [4.78, 5) is 0. The van der Waals surface area contributed by atoms with Crippen LogP contribution in [-0.2, 0) is 10.0 Å². The first-order chi connectivity index (χ1) is 7.03. The van der Waals surface area contributed by atoms with E-state index in [4.69, 9.17) is 5.11 Å². The Bertz CT molecular complexity index is 388. The van der Waals surface area contributed by atoms with E-state index in [-0.39, 0.29) is 18.3 Å². The molecule has 84 valence electrons. The molecule has 15 heavy (non-hydrogen) atoms. The zero-order valence-corrected chi connectivity index (χ0v) is 9.37. The van der Waals surface area contributed by atoms with E-state index < -0.39 is 10.0 Å². The number of anilines is 1. The molecule has 1 atom stereocenters. The van der Waals surface area contributed by atoms with Crippen molar-refractivity contribution in [3.63, 3.8) is 0 Å². The zero-order chi connectivity index (χ0) is 11.3. The van der Waals surface area contributed by atoms with Gasteiger partial charge < -0.3 is 5.11 Å². The highest BCUT2D eigenvalue weighted by atomic mass is 32.2. The van der Waals surface area contributed by atoms with Gasteiger partial charge >= 0.3 is 0 Å². The maximum atomic E-state index is 11.5. The lowest BCUT2D eigenvalue weighted by Gasteiger charge is -2.10. The number of aliphatic hydroxyl groups is 1. The Morgan fingerprint density at radius 2 is 1.93 bits per heavy atom. The molecule has 4 nitrogen and oxygen atoms in total. The van der Waals surface area contributed by atoms with E-state index in [1.54, 1.807) is 31.2 Å². The third kappa shape index (κ3) is 4.31. The molecule has 1 aromatic carbocycles. The van der Waals surface area contributed by atoms with E-state index in [0.717, 1.165) is 0 Å². The highest BCUT2D eigenvalue weighted by Gasteiger charge is 2.14. The second kappa shape index (κ2) is 5.14. The Labute approximate surface area is 90.0 Å². The number of aliphatic hydroxyl groups excluding tert-OH is 1. The summed E-state index contributed by atoms with van der Waals surface area (Å²) in [5.41, 5.74) is 0.544. The molecule has 0 aliphatic rings. The molecule has 5 heteroatoms. The molecule has 1 unspecified atom stereocenters. The van der Waals surface area contributed by atoms with Gasteiger partial charge in [0.05, 0.1) is 5.75 Å². The molecule has 2 N–H and O–H groups in total. The Morgan fingerprint density at radius 1 is 1.33 bits per heavy atom. The summed E-state index contributed by atoms with van der Waals surface area (Å²) in [5, 5.41) is 8.77. The molecule has 0 aliphatic heterocycles. The summed E-state index contributed by atoms with van der Waals surface area (Å²) >= 11 is 0. The first kappa shape index (κ1) is 12.0. The highest BCUT2D eigenvalue weighted by molar-refractivity contribution is 7.92. The Morgan fingerprint density at radius 3 is 2.47 bits per heavy atom. The van der Waals surface area contributed by atoms with Crippen molar-refractivity contribution < 1.29 is 13.5 Å². The van der Waals surface area contributed by atoms with Crippen molar-refractivity contribution in [3.05, 3.63) is 30.3 Å². The molecule has 0 radical (unpaired) electrons. The maximum Gasteiger partial charge on any atom is 0.233 e. The van der Waals surface area contributed by atoms with Gasteiger partial charge in [-0.05, 0) is 18.1 Å². The first-order valence-electron chi connectivity index (χ1n) is 4.70. The fraction of sp³-hybridized carbons (Fsp3) is 0.400. The minimum atomic E-state index is -3.36. The van der Waals surface area contributed by atoms with E-state index >= 15 is 0 Å². The molecule has 0 aliphatic carbocycles. The minimum Gasteiger partial charge on any atom is -0.396 e. The van der Waals surface area contributed by atoms with Gasteiger partial charge in [-0.1, -0.05) is 25.1 Å². The number of para-hydroxylation sites is 1. The SMILES string of the molecule is CC(CO)CS(=O)(=O)Nc1ccccc1. The molecule has 0 saturated heterocycles. The van der Waals surface area contributed by atoms with Gasteiger partial charge in [0, 0.05) is 12.3 Å². The van der Waals surface area contributed by atoms with Crippen molar-refractivity contribution in [2.24, 2.45) is 5.92 Å². The van der Waals surface area contributed by atoms with Crippen LogP contribution in [0.5, 0.6) is 0 Å². The van der Waals surface area contributed by atoms with E-state index in [1.165, 1.54) is 0 Å². The Hall–Kier alpha value is -1.07. The second-order valence-corrected chi connectivity index (χ2v) is 5.30. The van der Waals surface area contributed by atoms with Gasteiger partial charge in [0.25, 0.3) is 0 Å². The molecule has 0 heterocycles. The number of sulfonamides is 1. The first-order valence-corrected chi connectivity index (χ1v) is 6.35. The fourth-order valence-corrected chi connectivity index (χ4v) is 2.59. The topological polar surface area (TPSA) is 66.4 Å². The number of hydrogen-bond acceptors (Lipinski definition) is 3. The molecule has 0 bridgehead atoms. The third-order valence-corrected chi connectivity index (χ3v) is 3.42. The largest absolute Gasteiger partial charge is 0.396 e. The highest BCUT2D eigenvalue weighted by Crippen LogP contribution is 2.09. The average molecular weight is 229 g/mol. The smallest absolute Gasteiger partial charge is 0.233 e. The molecule has 0 amide bonds. The van der Waals surface area contributed by atoms with Crippen molar-refractivity contribution in [2.75, 3.05) is 17.1 Å². The van der Waals surface area contributed by atoms with E-state index in [2.05, 4.69) is 4.72 Å². The number of rotatable bonds is 5. The second-order valence-electron chi connectivity index (χ2n) is 3.54. The van der Waals surface area contributed by atoms with E-state index in [0.29, 0.717) is 5.69 Å². The molecule has 0 fully saturated rings. The Balaban J connectivity index is 2.65. The number of hydrogen-bond donors (Lipinski definition) is 2. The molecular weight excluding hydrogens is 214 g/mol. The van der Waals surface area contributed by atoms with Crippen LogP contribution >= 0.6 is 0 Å². The van der Waals surface area contributed by atoms with E-state index in [9.17, 15) is 8.42 Å². The average Bonchev–Trinajstić information content (AvgIpc) is 2.17. The summed E-state index contributed by atoms with van der Waals surface area (Å²) in [6, 6.07) is 8.69.